The Morgan fingerprint density at radius 3 is 2.75 bits per heavy atom. The average molecular weight is 395 g/mol. The third-order valence-corrected chi connectivity index (χ3v) is 4.75. The van der Waals surface area contributed by atoms with Crippen LogP contribution in [0.5, 0.6) is 0 Å². The van der Waals surface area contributed by atoms with Crippen molar-refractivity contribution in [1.82, 2.24) is 10.2 Å². The van der Waals surface area contributed by atoms with Crippen LogP contribution in [0.4, 0.5) is 18.9 Å². The molecule has 1 aliphatic carbocycles. The second-order valence-electron chi connectivity index (χ2n) is 6.94. The first-order valence-electron chi connectivity index (χ1n) is 8.82. The molecular formula is C19H20F3N3O3. The Kier molecular flexibility index (Phi) is 5.44. The number of halogens is 3. The van der Waals surface area contributed by atoms with Crippen LogP contribution in [0.15, 0.2) is 18.2 Å². The minimum Gasteiger partial charge on any atom is -0.455 e. The van der Waals surface area contributed by atoms with Crippen molar-refractivity contribution in [3.63, 3.8) is 0 Å². The lowest BCUT2D eigenvalue weighted by atomic mass is 9.86. The summed E-state index contributed by atoms with van der Waals surface area (Å²) in [4.78, 5) is 24.3. The number of carbonyl (C=O) groups excluding carboxylic acids is 2. The molecule has 150 valence electrons. The molecule has 0 saturated heterocycles. The maximum absolute atomic E-state index is 13.0. The van der Waals surface area contributed by atoms with Gasteiger partial charge in [-0.3, -0.25) is 14.7 Å². The van der Waals surface area contributed by atoms with Crippen molar-refractivity contribution in [3.05, 3.63) is 46.3 Å². The number of nitrogens with zero attached hydrogens (tertiary/aromatic N) is 1. The molecule has 2 N–H and O–H groups in total. The molecule has 9 heteroatoms. The second-order valence-corrected chi connectivity index (χ2v) is 6.94. The lowest BCUT2D eigenvalue weighted by Gasteiger charge is -2.21. The van der Waals surface area contributed by atoms with Gasteiger partial charge in [0.25, 0.3) is 5.91 Å². The standard InChI is InChI=1S/C19H20F3N3O3/c1-10-3-5-14(11(2)7-10)23-16(26)9-28-18(27)12-4-6-15-13(8-12)17(25-24-15)19(20,21)22/h3,5,7,12H,4,6,8-9H2,1-2H3,(H,23,26)(H,24,25). The van der Waals surface area contributed by atoms with E-state index in [1.807, 2.05) is 26.0 Å². The van der Waals surface area contributed by atoms with Crippen molar-refractivity contribution in [2.24, 2.45) is 5.92 Å². The molecular weight excluding hydrogens is 375 g/mol. The van der Waals surface area contributed by atoms with Gasteiger partial charge >= 0.3 is 12.1 Å². The van der Waals surface area contributed by atoms with E-state index >= 15 is 0 Å². The van der Waals surface area contributed by atoms with Gasteiger partial charge in [0.1, 0.15) is 0 Å². The van der Waals surface area contributed by atoms with Crippen molar-refractivity contribution < 1.29 is 27.5 Å². The number of anilines is 1. The van der Waals surface area contributed by atoms with Crippen molar-refractivity contribution >= 4 is 17.6 Å². The number of amides is 1. The highest BCUT2D eigenvalue weighted by Gasteiger charge is 2.40. The molecule has 3 rings (SSSR count). The van der Waals surface area contributed by atoms with Crippen molar-refractivity contribution in [2.45, 2.75) is 39.3 Å². The van der Waals surface area contributed by atoms with E-state index in [0.717, 1.165) is 11.1 Å². The molecule has 1 heterocycles. The first-order chi connectivity index (χ1) is 13.1. The van der Waals surface area contributed by atoms with Crippen molar-refractivity contribution in [2.75, 3.05) is 11.9 Å². The summed E-state index contributed by atoms with van der Waals surface area (Å²) in [7, 11) is 0. The number of esters is 1. The third kappa shape index (κ3) is 4.35. The summed E-state index contributed by atoms with van der Waals surface area (Å²) >= 11 is 0. The molecule has 0 spiro atoms. The Balaban J connectivity index is 1.57. The average Bonchev–Trinajstić information content (AvgIpc) is 3.05. The van der Waals surface area contributed by atoms with E-state index in [4.69, 9.17) is 4.74 Å². The predicted molar refractivity (Wildman–Crippen MR) is 94.6 cm³/mol. The van der Waals surface area contributed by atoms with Crippen LogP contribution in [-0.2, 0) is 33.3 Å². The maximum atomic E-state index is 13.0. The van der Waals surface area contributed by atoms with Crippen molar-refractivity contribution in [1.29, 1.82) is 0 Å². The number of alkyl halides is 3. The fraction of sp³-hybridized carbons (Fsp3) is 0.421. The number of hydrogen-bond acceptors (Lipinski definition) is 4. The summed E-state index contributed by atoms with van der Waals surface area (Å²) in [6.07, 6.45) is -4.09. The molecule has 0 aliphatic heterocycles. The molecule has 2 aromatic rings. The number of hydrogen-bond donors (Lipinski definition) is 2. The highest BCUT2D eigenvalue weighted by Crippen LogP contribution is 2.36. The van der Waals surface area contributed by atoms with Crippen LogP contribution in [0.1, 0.15) is 34.5 Å². The molecule has 0 radical (unpaired) electrons. The summed E-state index contributed by atoms with van der Waals surface area (Å²) in [5.41, 5.74) is 1.94. The Bertz CT molecular complexity index is 906. The molecule has 1 aliphatic rings. The first kappa shape index (κ1) is 19.9. The number of rotatable bonds is 4. The Hall–Kier alpha value is -2.84. The van der Waals surface area contributed by atoms with Gasteiger partial charge in [-0.05, 0) is 44.7 Å². The number of aromatic nitrogens is 2. The maximum Gasteiger partial charge on any atom is 0.435 e. The fourth-order valence-electron chi connectivity index (χ4n) is 3.33. The highest BCUT2D eigenvalue weighted by atomic mass is 19.4. The number of fused-ring (bicyclic) bond motifs is 1. The van der Waals surface area contributed by atoms with Gasteiger partial charge in [0.05, 0.1) is 5.92 Å². The normalized spacial score (nSPS) is 16.4. The third-order valence-electron chi connectivity index (χ3n) is 4.75. The van der Waals surface area contributed by atoms with Crippen LogP contribution in [0.25, 0.3) is 0 Å². The molecule has 1 aromatic heterocycles. The number of aryl methyl sites for hydroxylation is 3. The first-order valence-corrected chi connectivity index (χ1v) is 8.82. The van der Waals surface area contributed by atoms with E-state index < -0.39 is 36.3 Å². The van der Waals surface area contributed by atoms with E-state index in [0.29, 0.717) is 17.8 Å². The van der Waals surface area contributed by atoms with Gasteiger partial charge in [0, 0.05) is 16.9 Å². The summed E-state index contributed by atoms with van der Waals surface area (Å²) < 4.78 is 44.0. The molecule has 28 heavy (non-hydrogen) atoms. The van der Waals surface area contributed by atoms with Gasteiger partial charge in [0.15, 0.2) is 12.3 Å². The number of benzene rings is 1. The monoisotopic (exact) mass is 395 g/mol. The molecule has 1 atom stereocenters. The summed E-state index contributed by atoms with van der Waals surface area (Å²) in [6.45, 7) is 3.28. The summed E-state index contributed by atoms with van der Waals surface area (Å²) in [5, 5.41) is 8.38. The van der Waals surface area contributed by atoms with Gasteiger partial charge < -0.3 is 10.1 Å². The largest absolute Gasteiger partial charge is 0.455 e. The molecule has 6 nitrogen and oxygen atoms in total. The van der Waals surface area contributed by atoms with E-state index in [-0.39, 0.29) is 18.4 Å². The lowest BCUT2D eigenvalue weighted by Crippen LogP contribution is -2.29. The fourth-order valence-corrected chi connectivity index (χ4v) is 3.33. The second kappa shape index (κ2) is 7.65. The quantitative estimate of drug-likeness (QED) is 0.778. The van der Waals surface area contributed by atoms with Crippen LogP contribution in [0.3, 0.4) is 0 Å². The van der Waals surface area contributed by atoms with Gasteiger partial charge in [-0.15, -0.1) is 0 Å². The minimum absolute atomic E-state index is 0.000400. The van der Waals surface area contributed by atoms with E-state index in [2.05, 4.69) is 15.5 Å². The zero-order valence-electron chi connectivity index (χ0n) is 15.4. The Labute approximate surface area is 159 Å². The lowest BCUT2D eigenvalue weighted by molar-refractivity contribution is -0.152. The topological polar surface area (TPSA) is 84.1 Å². The molecule has 1 amide bonds. The van der Waals surface area contributed by atoms with Crippen LogP contribution < -0.4 is 5.32 Å². The number of H-pyrrole nitrogens is 1. The summed E-state index contributed by atoms with van der Waals surface area (Å²) in [5.74, 6) is -1.92. The van der Waals surface area contributed by atoms with Crippen LogP contribution >= 0.6 is 0 Å². The van der Waals surface area contributed by atoms with E-state index in [9.17, 15) is 22.8 Å². The van der Waals surface area contributed by atoms with Gasteiger partial charge in [0.2, 0.25) is 0 Å². The zero-order chi connectivity index (χ0) is 20.5. The smallest absolute Gasteiger partial charge is 0.435 e. The Morgan fingerprint density at radius 2 is 2.07 bits per heavy atom. The summed E-state index contributed by atoms with van der Waals surface area (Å²) in [6, 6.07) is 5.51. The van der Waals surface area contributed by atoms with Gasteiger partial charge in [-0.2, -0.15) is 18.3 Å². The van der Waals surface area contributed by atoms with Crippen LogP contribution in [-0.4, -0.2) is 28.7 Å². The number of nitrogens with one attached hydrogen (secondary N) is 2. The van der Waals surface area contributed by atoms with Gasteiger partial charge in [-0.25, -0.2) is 0 Å². The number of aromatic amines is 1. The predicted octanol–water partition coefficient (Wildman–Crippen LogP) is 3.33. The Morgan fingerprint density at radius 1 is 1.32 bits per heavy atom. The van der Waals surface area contributed by atoms with E-state index in [1.165, 1.54) is 0 Å². The molecule has 0 fully saturated rings. The van der Waals surface area contributed by atoms with E-state index in [1.54, 1.807) is 6.07 Å². The zero-order valence-corrected chi connectivity index (χ0v) is 15.4. The molecule has 0 saturated carbocycles. The number of carbonyl (C=O) groups is 2. The molecule has 1 aromatic carbocycles. The minimum atomic E-state index is -4.58. The molecule has 1 unspecified atom stereocenters. The SMILES string of the molecule is Cc1ccc(NC(=O)COC(=O)C2CCc3[nH]nc(C(F)(F)F)c3C2)c(C)c1. The van der Waals surface area contributed by atoms with Gasteiger partial charge in [-0.1, -0.05) is 17.7 Å². The van der Waals surface area contributed by atoms with Crippen molar-refractivity contribution in [3.8, 4) is 0 Å². The molecule has 0 bridgehead atoms. The van der Waals surface area contributed by atoms with Crippen LogP contribution in [0.2, 0.25) is 0 Å². The number of ether oxygens (including phenoxy) is 1. The van der Waals surface area contributed by atoms with Crippen LogP contribution in [0, 0.1) is 19.8 Å². The highest BCUT2D eigenvalue weighted by molar-refractivity contribution is 5.93.